The summed E-state index contributed by atoms with van der Waals surface area (Å²) in [6, 6.07) is 2.78. The zero-order valence-corrected chi connectivity index (χ0v) is 17.2. The normalized spacial score (nSPS) is 11.3. The highest BCUT2D eigenvalue weighted by atomic mass is 32.2. The van der Waals surface area contributed by atoms with E-state index in [0.717, 1.165) is 13.8 Å². The zero-order valence-electron chi connectivity index (χ0n) is 15.6. The maximum absolute atomic E-state index is 12.4. The summed E-state index contributed by atoms with van der Waals surface area (Å²) in [6.07, 6.45) is 0.743. The minimum absolute atomic E-state index is 0.140. The third-order valence-corrected chi connectivity index (χ3v) is 5.16. The number of rotatable bonds is 5. The molecule has 0 bridgehead atoms. The van der Waals surface area contributed by atoms with E-state index in [9.17, 15) is 28.8 Å². The molecule has 28 heavy (non-hydrogen) atoms. The fourth-order valence-electron chi connectivity index (χ4n) is 1.71. The van der Waals surface area contributed by atoms with Gasteiger partial charge < -0.3 is 9.32 Å². The highest BCUT2D eigenvalue weighted by Crippen LogP contribution is 2.24. The molecule has 10 nitrogen and oxygen atoms in total. The van der Waals surface area contributed by atoms with Crippen LogP contribution in [0.3, 0.4) is 0 Å². The fourth-order valence-corrected chi connectivity index (χ4v) is 3.42. The summed E-state index contributed by atoms with van der Waals surface area (Å²) < 4.78 is 5.52. The first-order valence-electron chi connectivity index (χ1n) is 7.81. The van der Waals surface area contributed by atoms with E-state index >= 15 is 0 Å². The Kier molecular flexibility index (Phi) is 8.92. The van der Waals surface area contributed by atoms with Gasteiger partial charge in [0.25, 0.3) is 5.24 Å². The van der Waals surface area contributed by atoms with E-state index in [1.165, 1.54) is 37.4 Å². The molecular formula is C16H19N3O7S2. The molecule has 0 aromatic carbocycles. The molecule has 1 heterocycles. The van der Waals surface area contributed by atoms with Crippen LogP contribution in [0.15, 0.2) is 22.8 Å². The summed E-state index contributed by atoms with van der Waals surface area (Å²) >= 11 is 0.846. The van der Waals surface area contributed by atoms with Gasteiger partial charge >= 0.3 is 5.91 Å². The van der Waals surface area contributed by atoms with E-state index in [0.29, 0.717) is 28.0 Å². The van der Waals surface area contributed by atoms with E-state index in [-0.39, 0.29) is 5.76 Å². The number of imide groups is 2. The van der Waals surface area contributed by atoms with E-state index in [1.54, 1.807) is 0 Å². The molecule has 0 spiro atoms. The monoisotopic (exact) mass is 429 g/mol. The van der Waals surface area contributed by atoms with Crippen molar-refractivity contribution >= 4 is 57.7 Å². The molecule has 1 N–H and O–H groups in total. The fraction of sp³-hybridized carbons (Fsp3) is 0.375. The lowest BCUT2D eigenvalue weighted by Gasteiger charge is -2.19. The summed E-state index contributed by atoms with van der Waals surface area (Å²) in [5.41, 5.74) is 0. The lowest BCUT2D eigenvalue weighted by atomic mass is 10.3. The Hall–Kier alpha value is -2.60. The number of carbonyl (C=O) groups is 6. The average molecular weight is 429 g/mol. The zero-order chi connectivity index (χ0) is 21.4. The Bertz CT molecular complexity index is 777. The van der Waals surface area contributed by atoms with Crippen molar-refractivity contribution in [2.24, 2.45) is 0 Å². The largest absolute Gasteiger partial charge is 0.459 e. The van der Waals surface area contributed by atoms with E-state index in [2.05, 4.69) is 0 Å². The van der Waals surface area contributed by atoms with Gasteiger partial charge in [0.15, 0.2) is 5.76 Å². The summed E-state index contributed by atoms with van der Waals surface area (Å²) in [7, 11) is 2.93. The minimum Gasteiger partial charge on any atom is -0.459 e. The van der Waals surface area contributed by atoms with Gasteiger partial charge in [-0.15, -0.1) is 0 Å². The molecule has 1 aromatic rings. The van der Waals surface area contributed by atoms with Crippen LogP contribution in [0.4, 0.5) is 4.79 Å². The summed E-state index contributed by atoms with van der Waals surface area (Å²) in [6.45, 7) is 2.20. The predicted octanol–water partition coefficient (Wildman–Crippen LogP) is 1.28. The summed E-state index contributed by atoms with van der Waals surface area (Å²) in [4.78, 5) is 72.7. The predicted molar refractivity (Wildman–Crippen MR) is 102 cm³/mol. The van der Waals surface area contributed by atoms with Crippen molar-refractivity contribution in [1.82, 2.24) is 14.5 Å². The number of nitrogens with zero attached hydrogens (tertiary/aromatic N) is 2. The van der Waals surface area contributed by atoms with E-state index in [4.69, 9.17) is 4.42 Å². The van der Waals surface area contributed by atoms with Crippen LogP contribution < -0.4 is 5.32 Å². The van der Waals surface area contributed by atoms with E-state index < -0.39 is 45.7 Å². The first-order valence-corrected chi connectivity index (χ1v) is 9.47. The summed E-state index contributed by atoms with van der Waals surface area (Å²) in [5, 5.41) is -0.423. The molecule has 1 rings (SSSR count). The van der Waals surface area contributed by atoms with Gasteiger partial charge in [-0.05, 0) is 12.1 Å². The molecule has 0 aliphatic carbocycles. The Balaban J connectivity index is 2.90. The third kappa shape index (κ3) is 7.19. The smallest absolute Gasteiger partial charge is 0.306 e. The van der Waals surface area contributed by atoms with Crippen LogP contribution in [0.1, 0.15) is 30.8 Å². The van der Waals surface area contributed by atoms with Gasteiger partial charge in [0.2, 0.25) is 22.8 Å². The molecule has 0 aliphatic heterocycles. The lowest BCUT2D eigenvalue weighted by Crippen LogP contribution is -2.38. The van der Waals surface area contributed by atoms with Gasteiger partial charge in [0.05, 0.1) is 6.26 Å². The molecule has 12 heteroatoms. The lowest BCUT2D eigenvalue weighted by molar-refractivity contribution is -0.129. The van der Waals surface area contributed by atoms with Gasteiger partial charge in [0, 0.05) is 46.3 Å². The van der Waals surface area contributed by atoms with Crippen molar-refractivity contribution in [2.45, 2.75) is 25.5 Å². The molecule has 1 aromatic heterocycles. The van der Waals surface area contributed by atoms with Crippen molar-refractivity contribution in [3.05, 3.63) is 24.2 Å². The number of hydrogen-bond acceptors (Lipinski definition) is 9. The maximum Gasteiger partial charge on any atom is 0.306 e. The quantitative estimate of drug-likeness (QED) is 0.687. The van der Waals surface area contributed by atoms with Crippen molar-refractivity contribution in [1.29, 1.82) is 0 Å². The van der Waals surface area contributed by atoms with Gasteiger partial charge in [0.1, 0.15) is 5.25 Å². The molecular weight excluding hydrogens is 410 g/mol. The average Bonchev–Trinajstić information content (AvgIpc) is 3.12. The molecule has 5 amide bonds. The van der Waals surface area contributed by atoms with Crippen LogP contribution in [-0.2, 0) is 19.2 Å². The third-order valence-electron chi connectivity index (χ3n) is 2.95. The van der Waals surface area contributed by atoms with Crippen molar-refractivity contribution in [3.8, 4) is 0 Å². The molecule has 0 radical (unpaired) electrons. The molecule has 1 unspecified atom stereocenters. The Labute approximate surface area is 169 Å². The molecule has 0 fully saturated rings. The molecule has 152 valence electrons. The molecule has 0 saturated heterocycles. The number of carbonyl (C=O) groups excluding carboxylic acids is 6. The van der Waals surface area contributed by atoms with Crippen molar-refractivity contribution in [2.75, 3.05) is 14.1 Å². The van der Waals surface area contributed by atoms with Crippen LogP contribution >= 0.6 is 23.7 Å². The Morgan fingerprint density at radius 1 is 1.14 bits per heavy atom. The summed E-state index contributed by atoms with van der Waals surface area (Å²) in [5.74, 6) is -3.17. The van der Waals surface area contributed by atoms with Crippen LogP contribution in [0.2, 0.25) is 0 Å². The van der Waals surface area contributed by atoms with E-state index in [1.807, 2.05) is 5.32 Å². The Morgan fingerprint density at radius 2 is 1.79 bits per heavy atom. The SMILES string of the molecule is CC(=O)NC(=O)C(CC(=O)SN(C(C)=O)C(=O)c1ccco1)SC(=O)N(C)C. The number of thioether (sulfide) groups is 1. The number of nitrogens with one attached hydrogen (secondary N) is 1. The number of amides is 5. The minimum atomic E-state index is -1.22. The van der Waals surface area contributed by atoms with Crippen LogP contribution in [0, 0.1) is 0 Å². The van der Waals surface area contributed by atoms with Crippen LogP contribution in [0.25, 0.3) is 0 Å². The second kappa shape index (κ2) is 10.7. The molecule has 0 saturated carbocycles. The maximum atomic E-state index is 12.4. The highest BCUT2D eigenvalue weighted by Gasteiger charge is 2.31. The van der Waals surface area contributed by atoms with Crippen molar-refractivity contribution in [3.63, 3.8) is 0 Å². The first-order chi connectivity index (χ1) is 13.0. The van der Waals surface area contributed by atoms with Gasteiger partial charge in [-0.25, -0.2) is 4.31 Å². The second-order valence-corrected chi connectivity index (χ2v) is 7.73. The topological polar surface area (TPSA) is 134 Å². The Morgan fingerprint density at radius 3 is 2.25 bits per heavy atom. The van der Waals surface area contributed by atoms with Gasteiger partial charge in [-0.1, -0.05) is 11.8 Å². The molecule has 1 atom stereocenters. The molecule has 0 aliphatic rings. The van der Waals surface area contributed by atoms with Crippen LogP contribution in [0.5, 0.6) is 0 Å². The highest BCUT2D eigenvalue weighted by molar-refractivity contribution is 8.15. The number of hydrogen-bond donors (Lipinski definition) is 1. The van der Waals surface area contributed by atoms with Gasteiger partial charge in [-0.2, -0.15) is 0 Å². The van der Waals surface area contributed by atoms with Crippen LogP contribution in [-0.4, -0.2) is 62.5 Å². The number of furan rings is 1. The standard InChI is InChI=1S/C16H19N3O7S2/c1-9(20)17-14(23)12(27-16(25)18(3)4)8-13(22)28-19(10(2)21)15(24)11-6-5-7-26-11/h5-7,12H,8H2,1-4H3,(H,17,20,23). The second-order valence-electron chi connectivity index (χ2n) is 5.58. The van der Waals surface area contributed by atoms with Crippen molar-refractivity contribution < 1.29 is 33.2 Å². The van der Waals surface area contributed by atoms with Gasteiger partial charge in [-0.3, -0.25) is 34.1 Å². The first kappa shape index (κ1) is 23.4.